The number of rotatable bonds is 2. The molecule has 0 aliphatic heterocycles. The predicted molar refractivity (Wildman–Crippen MR) is 134 cm³/mol. The summed E-state index contributed by atoms with van der Waals surface area (Å²) in [6, 6.07) is 21.0. The molecule has 0 unspecified atom stereocenters. The molecule has 0 atom stereocenters. The third-order valence-corrected chi connectivity index (χ3v) is 6.75. The zero-order chi connectivity index (χ0) is 24.4. The van der Waals surface area contributed by atoms with E-state index in [2.05, 4.69) is 69.3 Å². The fraction of sp³-hybridized carbons (Fsp3) is 0.172. The quantitative estimate of drug-likeness (QED) is 0.272. The van der Waals surface area contributed by atoms with Gasteiger partial charge in [0, 0.05) is 20.2 Å². The average Bonchev–Trinajstić information content (AvgIpc) is 3.20. The van der Waals surface area contributed by atoms with Gasteiger partial charge in [0.2, 0.25) is 0 Å². The van der Waals surface area contributed by atoms with Gasteiger partial charge in [-0.25, -0.2) is 0 Å². The molecule has 0 bridgehead atoms. The zero-order valence-corrected chi connectivity index (χ0v) is 18.5. The normalized spacial score (nSPS) is 13.9. The Labute approximate surface area is 188 Å². The highest BCUT2D eigenvalue weighted by Crippen LogP contribution is 2.45. The summed E-state index contributed by atoms with van der Waals surface area (Å²) in [5.41, 5.74) is 4.45. The van der Waals surface area contributed by atoms with E-state index < -0.39 is 0 Å². The lowest BCUT2D eigenvalue weighted by Gasteiger charge is -2.27. The Balaban J connectivity index is 1.90. The Kier molecular flexibility index (Phi) is 3.55. The second-order valence-corrected chi connectivity index (χ2v) is 9.81. The zero-order valence-electron chi connectivity index (χ0n) is 21.7. The summed E-state index contributed by atoms with van der Waals surface area (Å²) in [6.45, 7) is 8.08. The molecule has 0 amide bonds. The molecule has 5 aromatic rings. The Morgan fingerprint density at radius 3 is 2.10 bits per heavy atom. The first-order valence-corrected chi connectivity index (χ1v) is 11.0. The monoisotopic (exact) mass is 410 g/mol. The van der Waals surface area contributed by atoms with Gasteiger partial charge in [0.25, 0.3) is 0 Å². The first kappa shape index (κ1) is 15.0. The van der Waals surface area contributed by atoms with E-state index in [4.69, 9.17) is 5.48 Å². The van der Waals surface area contributed by atoms with Gasteiger partial charge in [0.15, 0.2) is 0 Å². The molecule has 5 rings (SSSR count). The molecule has 0 spiro atoms. The topological polar surface area (TPSA) is 0 Å². The van der Waals surface area contributed by atoms with E-state index in [9.17, 15) is 0 Å². The van der Waals surface area contributed by atoms with Crippen LogP contribution in [0, 0.1) is 6.92 Å². The fourth-order valence-electron chi connectivity index (χ4n) is 4.26. The van der Waals surface area contributed by atoms with Crippen LogP contribution in [0.3, 0.4) is 0 Å². The maximum absolute atomic E-state index is 8.70. The van der Waals surface area contributed by atoms with Gasteiger partial charge in [0.05, 0.1) is 5.48 Å². The second-order valence-electron chi connectivity index (χ2n) is 8.76. The SMILES string of the molecule is [2H]c1c([2H])c(-c2cccc(-c3cccc4c3sc3ccccc34)c2C(C)(C)C)c([2H])c([2H])c1C. The molecule has 0 saturated heterocycles. The Morgan fingerprint density at radius 1 is 0.700 bits per heavy atom. The molecule has 0 nitrogen and oxygen atoms in total. The van der Waals surface area contributed by atoms with Crippen molar-refractivity contribution in [3.05, 3.63) is 96.0 Å². The van der Waals surface area contributed by atoms with Crippen LogP contribution in [0.25, 0.3) is 42.4 Å². The maximum Gasteiger partial charge on any atom is 0.0629 e. The van der Waals surface area contributed by atoms with Crippen molar-refractivity contribution in [3.63, 3.8) is 0 Å². The van der Waals surface area contributed by atoms with Gasteiger partial charge in [-0.15, -0.1) is 11.3 Å². The molecule has 0 fully saturated rings. The van der Waals surface area contributed by atoms with Crippen LogP contribution in [0.5, 0.6) is 0 Å². The minimum absolute atomic E-state index is 0.0150. The van der Waals surface area contributed by atoms with Gasteiger partial charge in [-0.2, -0.15) is 0 Å². The van der Waals surface area contributed by atoms with Crippen molar-refractivity contribution in [2.75, 3.05) is 0 Å². The summed E-state index contributed by atoms with van der Waals surface area (Å²) < 4.78 is 36.7. The van der Waals surface area contributed by atoms with E-state index in [0.717, 1.165) is 22.3 Å². The van der Waals surface area contributed by atoms with Crippen LogP contribution in [0.15, 0.2) is 84.8 Å². The minimum atomic E-state index is -0.293. The molecule has 30 heavy (non-hydrogen) atoms. The molecule has 1 heteroatoms. The van der Waals surface area contributed by atoms with Crippen LogP contribution in [0.4, 0.5) is 0 Å². The summed E-state index contributed by atoms with van der Waals surface area (Å²) >= 11 is 1.78. The summed E-state index contributed by atoms with van der Waals surface area (Å²) in [5, 5.41) is 2.47. The first-order chi connectivity index (χ1) is 16.1. The highest BCUT2D eigenvalue weighted by molar-refractivity contribution is 7.26. The van der Waals surface area contributed by atoms with Crippen molar-refractivity contribution in [1.29, 1.82) is 0 Å². The van der Waals surface area contributed by atoms with Crippen molar-refractivity contribution in [1.82, 2.24) is 0 Å². The summed E-state index contributed by atoms with van der Waals surface area (Å²) in [6.07, 6.45) is 0. The van der Waals surface area contributed by atoms with Crippen LogP contribution >= 0.6 is 11.3 Å². The molecule has 0 N–H and O–H groups in total. The standard InChI is InChI=1S/C29H26S/c1-19-15-17-20(18-16-19)21-10-7-11-23(27(21)29(2,3)4)25-13-8-12-24-22-9-5-6-14-26(22)30-28(24)25/h5-18H,1-4H3/i15D,16D,17D,18D. The van der Waals surface area contributed by atoms with E-state index in [0.29, 0.717) is 11.1 Å². The largest absolute Gasteiger partial charge is 0.135 e. The molecule has 0 radical (unpaired) electrons. The van der Waals surface area contributed by atoms with E-state index in [-0.39, 0.29) is 29.6 Å². The van der Waals surface area contributed by atoms with E-state index in [1.54, 1.807) is 18.3 Å². The van der Waals surface area contributed by atoms with Crippen molar-refractivity contribution in [3.8, 4) is 22.3 Å². The Bertz CT molecular complexity index is 1560. The van der Waals surface area contributed by atoms with Gasteiger partial charge < -0.3 is 0 Å². The fourth-order valence-corrected chi connectivity index (χ4v) is 5.49. The lowest BCUT2D eigenvalue weighted by atomic mass is 9.77. The van der Waals surface area contributed by atoms with Crippen molar-refractivity contribution < 1.29 is 5.48 Å². The highest BCUT2D eigenvalue weighted by atomic mass is 32.1. The Morgan fingerprint density at radius 2 is 1.33 bits per heavy atom. The lowest BCUT2D eigenvalue weighted by molar-refractivity contribution is 0.594. The van der Waals surface area contributed by atoms with Gasteiger partial charge in [-0.1, -0.05) is 105 Å². The van der Waals surface area contributed by atoms with Crippen LogP contribution in [0.1, 0.15) is 37.4 Å². The summed E-state index contributed by atoms with van der Waals surface area (Å²) in [4.78, 5) is 0. The van der Waals surface area contributed by atoms with Gasteiger partial charge >= 0.3 is 0 Å². The number of thiophene rings is 1. The van der Waals surface area contributed by atoms with Crippen molar-refractivity contribution >= 4 is 31.5 Å². The number of hydrogen-bond acceptors (Lipinski definition) is 1. The van der Waals surface area contributed by atoms with Crippen LogP contribution < -0.4 is 0 Å². The molecule has 0 aliphatic rings. The lowest BCUT2D eigenvalue weighted by Crippen LogP contribution is -2.14. The van der Waals surface area contributed by atoms with Gasteiger partial charge in [0.1, 0.15) is 0 Å². The highest BCUT2D eigenvalue weighted by Gasteiger charge is 2.24. The third kappa shape index (κ3) is 3.14. The number of fused-ring (bicyclic) bond motifs is 3. The average molecular weight is 411 g/mol. The van der Waals surface area contributed by atoms with Crippen molar-refractivity contribution in [2.45, 2.75) is 33.1 Å². The minimum Gasteiger partial charge on any atom is -0.135 e. The number of benzene rings is 4. The summed E-state index contributed by atoms with van der Waals surface area (Å²) in [5.74, 6) is 0. The predicted octanol–water partition coefficient (Wildman–Crippen LogP) is 8.99. The first-order valence-electron chi connectivity index (χ1n) is 12.2. The molecule has 0 aliphatic carbocycles. The van der Waals surface area contributed by atoms with E-state index >= 15 is 0 Å². The molecule has 4 aromatic carbocycles. The molecular weight excluding hydrogens is 380 g/mol. The van der Waals surface area contributed by atoms with Gasteiger partial charge in [-0.3, -0.25) is 0 Å². The second kappa shape index (κ2) is 7.11. The summed E-state index contributed by atoms with van der Waals surface area (Å²) in [7, 11) is 0. The maximum atomic E-state index is 8.70. The molecule has 0 saturated carbocycles. The van der Waals surface area contributed by atoms with E-state index in [1.165, 1.54) is 20.2 Å². The molecule has 1 heterocycles. The smallest absolute Gasteiger partial charge is 0.0629 e. The molecule has 148 valence electrons. The molecular formula is C29H26S. The number of hydrogen-bond donors (Lipinski definition) is 0. The molecule has 1 aromatic heterocycles. The van der Waals surface area contributed by atoms with Crippen molar-refractivity contribution in [2.24, 2.45) is 0 Å². The van der Waals surface area contributed by atoms with E-state index in [1.807, 2.05) is 12.1 Å². The van der Waals surface area contributed by atoms with Crippen LogP contribution in [0.2, 0.25) is 0 Å². The Hall–Kier alpha value is -2.90. The third-order valence-electron chi connectivity index (χ3n) is 5.53. The van der Waals surface area contributed by atoms with Gasteiger partial charge in [-0.05, 0) is 46.2 Å². The van der Waals surface area contributed by atoms with Crippen LogP contribution in [-0.2, 0) is 5.41 Å². The van der Waals surface area contributed by atoms with Crippen LogP contribution in [-0.4, -0.2) is 0 Å².